The number of sulfonamides is 1. The summed E-state index contributed by atoms with van der Waals surface area (Å²) in [6.45, 7) is 7.29. The van der Waals surface area contributed by atoms with Gasteiger partial charge in [0.05, 0.1) is 12.0 Å². The minimum absolute atomic E-state index is 0.126. The van der Waals surface area contributed by atoms with Crippen molar-refractivity contribution < 1.29 is 17.9 Å². The lowest BCUT2D eigenvalue weighted by atomic mass is 9.93. The van der Waals surface area contributed by atoms with Crippen molar-refractivity contribution in [1.82, 2.24) is 4.90 Å². The van der Waals surface area contributed by atoms with E-state index in [0.717, 1.165) is 31.5 Å². The minimum Gasteiger partial charge on any atom is -0.497 e. The highest BCUT2D eigenvalue weighted by Gasteiger charge is 2.22. The van der Waals surface area contributed by atoms with Gasteiger partial charge < -0.3 is 15.0 Å². The van der Waals surface area contributed by atoms with Crippen LogP contribution in [0, 0.1) is 19.8 Å². The van der Waals surface area contributed by atoms with Gasteiger partial charge >= 0.3 is 0 Å². The van der Waals surface area contributed by atoms with Crippen molar-refractivity contribution in [3.05, 3.63) is 53.1 Å². The number of nitrogens with one attached hydrogen (secondary N) is 1. The van der Waals surface area contributed by atoms with E-state index in [4.69, 9.17) is 4.74 Å². The number of methoxy groups -OCH3 is 1. The molecule has 8 heteroatoms. The van der Waals surface area contributed by atoms with E-state index in [1.807, 2.05) is 6.92 Å². The van der Waals surface area contributed by atoms with E-state index in [0.29, 0.717) is 28.3 Å². The molecule has 1 amide bonds. The number of nitrogens with zero attached hydrogens (tertiary/aromatic N) is 2. The van der Waals surface area contributed by atoms with E-state index in [2.05, 4.69) is 21.7 Å². The van der Waals surface area contributed by atoms with Gasteiger partial charge in [0, 0.05) is 22.9 Å². The topological polar surface area (TPSA) is 88.1 Å². The molecular formula is C24H31N3O4S. The fraction of sp³-hybridized carbons (Fsp3) is 0.417. The second kappa shape index (κ2) is 9.83. The average molecular weight is 458 g/mol. The number of amides is 1. The third-order valence-electron chi connectivity index (χ3n) is 6.00. The summed E-state index contributed by atoms with van der Waals surface area (Å²) in [6.07, 6.45) is 1.83. The summed E-state index contributed by atoms with van der Waals surface area (Å²) >= 11 is 0. The summed E-state index contributed by atoms with van der Waals surface area (Å²) in [6, 6.07) is 9.89. The van der Waals surface area contributed by atoms with Crippen LogP contribution in [-0.2, 0) is 10.0 Å². The van der Waals surface area contributed by atoms with Crippen molar-refractivity contribution in [3.63, 3.8) is 0 Å². The minimum atomic E-state index is -3.81. The Kier molecular flexibility index (Phi) is 7.36. The fourth-order valence-corrected chi connectivity index (χ4v) is 5.09. The van der Waals surface area contributed by atoms with Crippen LogP contribution >= 0.6 is 0 Å². The van der Waals surface area contributed by atoms with Crippen LogP contribution in [-0.4, -0.2) is 52.2 Å². The van der Waals surface area contributed by atoms with E-state index in [-0.39, 0.29) is 16.7 Å². The smallest absolute Gasteiger partial charge is 0.282 e. The zero-order valence-corrected chi connectivity index (χ0v) is 20.1. The monoisotopic (exact) mass is 457 g/mol. The van der Waals surface area contributed by atoms with Crippen LogP contribution in [0.3, 0.4) is 0 Å². The lowest BCUT2D eigenvalue weighted by molar-refractivity contribution is 0.102. The molecule has 0 unspecified atom stereocenters. The molecule has 1 aliphatic heterocycles. The van der Waals surface area contributed by atoms with Crippen molar-refractivity contribution in [1.29, 1.82) is 0 Å². The summed E-state index contributed by atoms with van der Waals surface area (Å²) in [5.74, 6) is 0.606. The fourth-order valence-electron chi connectivity index (χ4n) is 3.89. The zero-order valence-electron chi connectivity index (χ0n) is 19.3. The largest absolute Gasteiger partial charge is 0.497 e. The first-order valence-corrected chi connectivity index (χ1v) is 12.1. The molecule has 0 bridgehead atoms. The molecule has 0 radical (unpaired) electrons. The molecule has 2 aromatic carbocycles. The van der Waals surface area contributed by atoms with E-state index >= 15 is 0 Å². The average Bonchev–Trinajstić information content (AvgIpc) is 2.74. The number of aryl methyl sites for hydroxylation is 2. The predicted molar refractivity (Wildman–Crippen MR) is 127 cm³/mol. The van der Waals surface area contributed by atoms with Crippen LogP contribution in [0.1, 0.15) is 41.3 Å². The zero-order chi connectivity index (χ0) is 23.5. The van der Waals surface area contributed by atoms with Crippen molar-refractivity contribution >= 4 is 27.3 Å². The quantitative estimate of drug-likeness (QED) is 0.661. The van der Waals surface area contributed by atoms with Crippen LogP contribution in [0.15, 0.2) is 45.7 Å². The Bertz CT molecular complexity index is 1130. The molecular weight excluding hydrogens is 426 g/mol. The number of hydrogen-bond acceptors (Lipinski definition) is 5. The maximum Gasteiger partial charge on any atom is 0.282 e. The standard InChI is InChI=1S/C24H31N3O4S/c1-16-14-20(31-5)6-8-22(16)24(28)25-23-9-7-21(15-17(23)2)32(29,30)26-18(3)19-10-12-27(4)13-11-19/h6-9,14-15,19H,10-13H2,1-5H3,(H,25,28)/b26-18-. The molecule has 7 nitrogen and oxygen atoms in total. The summed E-state index contributed by atoms with van der Waals surface area (Å²) in [5, 5.41) is 2.87. The third kappa shape index (κ3) is 5.55. The van der Waals surface area contributed by atoms with Crippen molar-refractivity contribution in [2.75, 3.05) is 32.6 Å². The third-order valence-corrected chi connectivity index (χ3v) is 7.37. The Hall–Kier alpha value is -2.71. The number of hydrogen-bond donors (Lipinski definition) is 1. The van der Waals surface area contributed by atoms with Crippen LogP contribution in [0.25, 0.3) is 0 Å². The lowest BCUT2D eigenvalue weighted by Crippen LogP contribution is -2.33. The maximum atomic E-state index is 12.9. The van der Waals surface area contributed by atoms with E-state index in [1.165, 1.54) is 6.07 Å². The van der Waals surface area contributed by atoms with E-state index < -0.39 is 10.0 Å². The molecule has 1 fully saturated rings. The molecule has 0 aromatic heterocycles. The summed E-state index contributed by atoms with van der Waals surface area (Å²) in [7, 11) is -0.165. The van der Waals surface area contributed by atoms with Crippen LogP contribution in [0.2, 0.25) is 0 Å². The molecule has 0 saturated carbocycles. The number of likely N-dealkylation sites (tertiary alicyclic amines) is 1. The SMILES string of the molecule is COc1ccc(C(=O)Nc2ccc(S(=O)(=O)/N=C(/C)C3CCN(C)CC3)cc2C)c(C)c1. The van der Waals surface area contributed by atoms with Gasteiger partial charge in [0.2, 0.25) is 0 Å². The van der Waals surface area contributed by atoms with Crippen molar-refractivity contribution in [2.24, 2.45) is 10.3 Å². The van der Waals surface area contributed by atoms with Gasteiger partial charge in [-0.25, -0.2) is 0 Å². The summed E-state index contributed by atoms with van der Waals surface area (Å²) in [4.78, 5) is 15.1. The molecule has 1 N–H and O–H groups in total. The number of benzene rings is 2. The van der Waals surface area contributed by atoms with Crippen molar-refractivity contribution in [2.45, 2.75) is 38.5 Å². The second-order valence-electron chi connectivity index (χ2n) is 8.40. The lowest BCUT2D eigenvalue weighted by Gasteiger charge is -2.28. The first-order valence-electron chi connectivity index (χ1n) is 10.7. The summed E-state index contributed by atoms with van der Waals surface area (Å²) < 4.78 is 35.0. The Morgan fingerprint density at radius 1 is 1.09 bits per heavy atom. The number of carbonyl (C=O) groups is 1. The molecule has 172 valence electrons. The highest BCUT2D eigenvalue weighted by Crippen LogP contribution is 2.25. The van der Waals surface area contributed by atoms with E-state index in [1.54, 1.807) is 51.3 Å². The highest BCUT2D eigenvalue weighted by atomic mass is 32.2. The Labute approximate surface area is 190 Å². The molecule has 1 heterocycles. The Morgan fingerprint density at radius 3 is 2.38 bits per heavy atom. The number of ether oxygens (including phenoxy) is 1. The first kappa shape index (κ1) is 23.9. The number of carbonyl (C=O) groups excluding carboxylic acids is 1. The molecule has 1 aliphatic rings. The molecule has 0 spiro atoms. The predicted octanol–water partition coefficient (Wildman–Crippen LogP) is 4.06. The van der Waals surface area contributed by atoms with Gasteiger partial charge in [-0.3, -0.25) is 4.79 Å². The molecule has 1 saturated heterocycles. The van der Waals surface area contributed by atoms with Gasteiger partial charge in [0.1, 0.15) is 5.75 Å². The second-order valence-corrected chi connectivity index (χ2v) is 10.0. The van der Waals surface area contributed by atoms with Gasteiger partial charge in [-0.2, -0.15) is 12.8 Å². The Balaban J connectivity index is 1.77. The van der Waals surface area contributed by atoms with Gasteiger partial charge in [-0.15, -0.1) is 0 Å². The molecule has 0 aliphatic carbocycles. The van der Waals surface area contributed by atoms with Crippen LogP contribution in [0.4, 0.5) is 5.69 Å². The molecule has 32 heavy (non-hydrogen) atoms. The first-order chi connectivity index (χ1) is 15.1. The number of anilines is 1. The number of piperidine rings is 1. The molecule has 2 aromatic rings. The number of rotatable bonds is 6. The highest BCUT2D eigenvalue weighted by molar-refractivity contribution is 7.90. The Morgan fingerprint density at radius 2 is 1.78 bits per heavy atom. The van der Waals surface area contributed by atoms with Crippen molar-refractivity contribution in [3.8, 4) is 5.75 Å². The van der Waals surface area contributed by atoms with Crippen LogP contribution in [0.5, 0.6) is 5.75 Å². The van der Waals surface area contributed by atoms with Gasteiger partial charge in [0.25, 0.3) is 15.9 Å². The maximum absolute atomic E-state index is 12.9. The van der Waals surface area contributed by atoms with Gasteiger partial charge in [0.15, 0.2) is 0 Å². The normalized spacial score (nSPS) is 16.1. The molecule has 0 atom stereocenters. The van der Waals surface area contributed by atoms with Gasteiger partial charge in [-0.05, 0) is 101 Å². The summed E-state index contributed by atoms with van der Waals surface area (Å²) in [5.41, 5.74) is 3.18. The van der Waals surface area contributed by atoms with E-state index in [9.17, 15) is 13.2 Å². The van der Waals surface area contributed by atoms with Crippen LogP contribution < -0.4 is 10.1 Å². The van der Waals surface area contributed by atoms with Gasteiger partial charge in [-0.1, -0.05) is 0 Å². The molecule has 3 rings (SSSR count).